The minimum Gasteiger partial charge on any atom is -0.598 e. The van der Waals surface area contributed by atoms with E-state index in [-0.39, 0.29) is 5.56 Å². The number of nitrogens with one attached hydrogen (secondary N) is 1. The predicted octanol–water partition coefficient (Wildman–Crippen LogP) is 4.86. The number of hydrogen-bond acceptors (Lipinski definition) is 4. The molecular weight excluding hydrogens is 403 g/mol. The molecule has 0 aliphatic heterocycles. The summed E-state index contributed by atoms with van der Waals surface area (Å²) < 4.78 is 29.9. The average Bonchev–Trinajstić information content (AvgIpc) is 2.64. The SMILES string of the molecule is Cc1ccc(C#N)c(-c2cc(C)c(F)c([C@H](CC(=O)O)N[S+]([O-])C(C)(C)C)c2)c1C. The van der Waals surface area contributed by atoms with E-state index in [1.54, 1.807) is 45.9 Å². The van der Waals surface area contributed by atoms with Crippen molar-refractivity contribution in [3.63, 3.8) is 0 Å². The average molecular weight is 431 g/mol. The smallest absolute Gasteiger partial charge is 0.305 e. The van der Waals surface area contributed by atoms with Crippen molar-refractivity contribution in [2.75, 3.05) is 0 Å². The normalized spacial score (nSPS) is 13.6. The molecule has 0 fully saturated rings. The molecule has 0 aliphatic rings. The van der Waals surface area contributed by atoms with E-state index in [0.717, 1.165) is 11.1 Å². The largest absolute Gasteiger partial charge is 0.598 e. The molecule has 7 heteroatoms. The van der Waals surface area contributed by atoms with E-state index >= 15 is 4.39 Å². The van der Waals surface area contributed by atoms with Crippen LogP contribution >= 0.6 is 0 Å². The number of carboxylic acids is 1. The highest BCUT2D eigenvalue weighted by Crippen LogP contribution is 2.35. The third-order valence-corrected chi connectivity index (χ3v) is 6.60. The van der Waals surface area contributed by atoms with Gasteiger partial charge in [0, 0.05) is 22.5 Å². The third kappa shape index (κ3) is 5.20. The van der Waals surface area contributed by atoms with E-state index in [2.05, 4.69) is 10.8 Å². The maximum atomic E-state index is 15.1. The van der Waals surface area contributed by atoms with E-state index in [1.165, 1.54) is 0 Å². The summed E-state index contributed by atoms with van der Waals surface area (Å²) in [5, 5.41) is 18.9. The number of carbonyl (C=O) groups is 1. The van der Waals surface area contributed by atoms with Crippen LogP contribution < -0.4 is 4.72 Å². The lowest BCUT2D eigenvalue weighted by molar-refractivity contribution is -0.137. The lowest BCUT2D eigenvalue weighted by atomic mass is 9.89. The van der Waals surface area contributed by atoms with Crippen molar-refractivity contribution in [1.29, 1.82) is 5.26 Å². The van der Waals surface area contributed by atoms with E-state index in [9.17, 15) is 19.7 Å². The lowest BCUT2D eigenvalue weighted by Gasteiger charge is -2.28. The van der Waals surface area contributed by atoms with Gasteiger partial charge in [0.15, 0.2) is 0 Å². The molecule has 0 aliphatic carbocycles. The van der Waals surface area contributed by atoms with Gasteiger partial charge >= 0.3 is 5.97 Å². The summed E-state index contributed by atoms with van der Waals surface area (Å²) in [5.74, 6) is -1.68. The Morgan fingerprint density at radius 1 is 1.27 bits per heavy atom. The van der Waals surface area contributed by atoms with Gasteiger partial charge in [0.1, 0.15) is 10.6 Å². The van der Waals surface area contributed by atoms with Crippen LogP contribution in [0.5, 0.6) is 0 Å². The van der Waals surface area contributed by atoms with Gasteiger partial charge in [-0.05, 0) is 82.0 Å². The highest BCUT2D eigenvalue weighted by molar-refractivity contribution is 7.90. The molecule has 0 aromatic heterocycles. The van der Waals surface area contributed by atoms with Gasteiger partial charge in [0.2, 0.25) is 0 Å². The van der Waals surface area contributed by atoms with Crippen molar-refractivity contribution in [2.24, 2.45) is 0 Å². The van der Waals surface area contributed by atoms with Gasteiger partial charge in [0.05, 0.1) is 24.1 Å². The summed E-state index contributed by atoms with van der Waals surface area (Å²) in [6.07, 6.45) is -0.431. The second kappa shape index (κ2) is 9.17. The minimum absolute atomic E-state index is 0.120. The first-order chi connectivity index (χ1) is 13.9. The number of aryl methyl sites for hydroxylation is 2. The molecule has 160 valence electrons. The highest BCUT2D eigenvalue weighted by Gasteiger charge is 2.32. The standard InChI is InChI=1S/C23H27FN2O3S/c1-13-7-8-16(12-25)21(15(13)3)17-9-14(2)22(24)18(10-17)19(11-20(27)28)26-30(29)23(4,5)6/h7-10,19,26H,11H2,1-6H3,(H,27,28)/t19-,30?/m0/s1. The lowest BCUT2D eigenvalue weighted by Crippen LogP contribution is -2.42. The molecule has 5 nitrogen and oxygen atoms in total. The van der Waals surface area contributed by atoms with Gasteiger partial charge in [-0.15, -0.1) is 4.72 Å². The van der Waals surface area contributed by atoms with E-state index in [1.807, 2.05) is 19.9 Å². The quantitative estimate of drug-likeness (QED) is 0.638. The molecule has 2 aromatic carbocycles. The number of halogens is 1. The molecule has 30 heavy (non-hydrogen) atoms. The zero-order valence-corrected chi connectivity index (χ0v) is 18.9. The van der Waals surface area contributed by atoms with Gasteiger partial charge in [-0.25, -0.2) is 4.39 Å². The molecule has 0 saturated carbocycles. The Balaban J connectivity index is 2.69. The fraction of sp³-hybridized carbons (Fsp3) is 0.391. The first-order valence-electron chi connectivity index (χ1n) is 9.57. The molecule has 0 saturated heterocycles. The second-order valence-corrected chi connectivity index (χ2v) is 10.4. The van der Waals surface area contributed by atoms with Crippen LogP contribution in [0, 0.1) is 37.9 Å². The molecule has 0 spiro atoms. The molecule has 0 heterocycles. The Bertz CT molecular complexity index is 1010. The molecule has 1 unspecified atom stereocenters. The van der Waals surface area contributed by atoms with E-state index in [0.29, 0.717) is 22.3 Å². The van der Waals surface area contributed by atoms with Crippen LogP contribution in [-0.4, -0.2) is 20.4 Å². The Labute approximate surface area is 180 Å². The summed E-state index contributed by atoms with van der Waals surface area (Å²) in [6.45, 7) is 10.7. The van der Waals surface area contributed by atoms with Crippen molar-refractivity contribution < 1.29 is 18.8 Å². The molecule has 0 radical (unpaired) electrons. The number of hydrogen-bond donors (Lipinski definition) is 2. The molecular formula is C23H27FN2O3S. The van der Waals surface area contributed by atoms with Crippen molar-refractivity contribution in [2.45, 2.75) is 58.8 Å². The van der Waals surface area contributed by atoms with Crippen LogP contribution in [0.25, 0.3) is 11.1 Å². The number of nitrogens with zero attached hydrogens (tertiary/aromatic N) is 1. The van der Waals surface area contributed by atoms with Crippen LogP contribution in [0.1, 0.15) is 61.1 Å². The number of aliphatic carboxylic acids is 1. The maximum Gasteiger partial charge on any atom is 0.305 e. The number of benzene rings is 2. The fourth-order valence-corrected chi connectivity index (χ4v) is 3.99. The Morgan fingerprint density at radius 2 is 1.90 bits per heavy atom. The van der Waals surface area contributed by atoms with E-state index in [4.69, 9.17) is 0 Å². The van der Waals surface area contributed by atoms with Crippen LogP contribution in [0.3, 0.4) is 0 Å². The van der Waals surface area contributed by atoms with Crippen molar-refractivity contribution in [1.82, 2.24) is 4.72 Å². The van der Waals surface area contributed by atoms with Crippen LogP contribution in [0.2, 0.25) is 0 Å². The monoisotopic (exact) mass is 430 g/mol. The van der Waals surface area contributed by atoms with Gasteiger partial charge in [0.25, 0.3) is 0 Å². The number of rotatable bonds is 6. The summed E-state index contributed by atoms with van der Waals surface area (Å²) in [7, 11) is 0. The zero-order valence-electron chi connectivity index (χ0n) is 18.1. The molecule has 2 N–H and O–H groups in total. The Hall–Kier alpha value is -2.40. The van der Waals surface area contributed by atoms with Crippen LogP contribution in [0.4, 0.5) is 4.39 Å². The molecule has 2 rings (SSSR count). The second-order valence-electron chi connectivity index (χ2n) is 8.39. The van der Waals surface area contributed by atoms with Crippen LogP contribution in [-0.2, 0) is 16.2 Å². The minimum atomic E-state index is -1.60. The molecule has 2 atom stereocenters. The summed E-state index contributed by atoms with van der Waals surface area (Å²) >= 11 is -1.60. The summed E-state index contributed by atoms with van der Waals surface area (Å²) in [6, 6.07) is 7.98. The Kier molecular flexibility index (Phi) is 7.30. The molecule has 0 bridgehead atoms. The van der Waals surface area contributed by atoms with Gasteiger partial charge < -0.3 is 9.66 Å². The zero-order chi connectivity index (χ0) is 22.8. The van der Waals surface area contributed by atoms with Crippen molar-refractivity contribution in [3.8, 4) is 17.2 Å². The van der Waals surface area contributed by atoms with Gasteiger partial charge in [-0.1, -0.05) is 6.07 Å². The third-order valence-electron chi connectivity index (χ3n) is 4.99. The van der Waals surface area contributed by atoms with E-state index < -0.39 is 40.4 Å². The first-order valence-corrected chi connectivity index (χ1v) is 10.7. The first kappa shape index (κ1) is 23.9. The van der Waals surface area contributed by atoms with Gasteiger partial charge in [-0.3, -0.25) is 4.79 Å². The predicted molar refractivity (Wildman–Crippen MR) is 117 cm³/mol. The number of carboxylic acid groups (broad SMARTS) is 1. The van der Waals surface area contributed by atoms with Crippen LogP contribution in [0.15, 0.2) is 24.3 Å². The Morgan fingerprint density at radius 3 is 2.43 bits per heavy atom. The van der Waals surface area contributed by atoms with Crippen molar-refractivity contribution in [3.05, 3.63) is 57.9 Å². The molecule has 2 aromatic rings. The maximum absolute atomic E-state index is 15.1. The van der Waals surface area contributed by atoms with Gasteiger partial charge in [-0.2, -0.15) is 5.26 Å². The summed E-state index contributed by atoms with van der Waals surface area (Å²) in [5.41, 5.74) is 4.10. The van der Waals surface area contributed by atoms with Crippen molar-refractivity contribution >= 4 is 17.3 Å². The molecule has 0 amide bonds. The summed E-state index contributed by atoms with van der Waals surface area (Å²) in [4.78, 5) is 11.5. The number of nitriles is 1. The highest BCUT2D eigenvalue weighted by atomic mass is 32.2. The topological polar surface area (TPSA) is 96.2 Å². The fourth-order valence-electron chi connectivity index (χ4n) is 3.17.